The zero-order chi connectivity index (χ0) is 24.9. The zero-order valence-corrected chi connectivity index (χ0v) is 21.9. The van der Waals surface area contributed by atoms with Crippen molar-refractivity contribution in [2.75, 3.05) is 0 Å². The van der Waals surface area contributed by atoms with E-state index in [1.165, 1.54) is 17.7 Å². The minimum absolute atomic E-state index is 0.0995. The fourth-order valence-corrected chi connectivity index (χ4v) is 5.67. The van der Waals surface area contributed by atoms with Gasteiger partial charge in [-0.05, 0) is 56.4 Å². The van der Waals surface area contributed by atoms with Gasteiger partial charge in [-0.2, -0.15) is 8.78 Å². The third kappa shape index (κ3) is 4.69. The number of carbonyl (C=O) groups excluding carboxylic acids is 1. The summed E-state index contributed by atoms with van der Waals surface area (Å²) in [4.78, 5) is 20.9. The van der Waals surface area contributed by atoms with Crippen molar-refractivity contribution in [1.82, 2.24) is 4.90 Å². The second-order valence-corrected chi connectivity index (χ2v) is 11.8. The van der Waals surface area contributed by atoms with Crippen LogP contribution in [0.15, 0.2) is 53.5 Å². The summed E-state index contributed by atoms with van der Waals surface area (Å²) in [5.41, 5.74) is -0.259. The Morgan fingerprint density at radius 2 is 1.59 bits per heavy atom. The van der Waals surface area contributed by atoms with Gasteiger partial charge in [-0.15, -0.1) is 0 Å². The highest BCUT2D eigenvalue weighted by molar-refractivity contribution is 7.17. The molecule has 0 saturated heterocycles. The fourth-order valence-electron chi connectivity index (χ4n) is 5.48. The smallest absolute Gasteiger partial charge is 0.283 e. The molecule has 1 aliphatic carbocycles. The Hall–Kier alpha value is -2.13. The predicted molar refractivity (Wildman–Crippen MR) is 137 cm³/mol. The van der Waals surface area contributed by atoms with E-state index in [4.69, 9.17) is 4.99 Å². The SMILES string of the molecule is Cc1ccc(C(C)N2C(=O)C(c3ccc(C(F)(F)P)cc3)=NC23CCC(C(C)(C)C)CC3)cc1. The monoisotopic (exact) mass is 484 g/mol. The van der Waals surface area contributed by atoms with E-state index in [1.54, 1.807) is 21.4 Å². The first-order valence-electron chi connectivity index (χ1n) is 12.1. The molecule has 3 nitrogen and oxygen atoms in total. The lowest BCUT2D eigenvalue weighted by molar-refractivity contribution is -0.132. The standard InChI is InChI=1S/C28H35F2N2OP/c1-18-6-8-20(9-7-18)19(2)32-25(33)24(21-10-12-23(13-11-21)28(29,30)34)31-27(32)16-14-22(15-17-27)26(3,4)5/h6-13,19,22H,14-17,34H2,1-5H3. The Labute approximate surface area is 204 Å². The molecule has 1 amide bonds. The molecule has 0 radical (unpaired) electrons. The second kappa shape index (κ2) is 8.82. The molecule has 182 valence electrons. The molecule has 1 heterocycles. The molecule has 1 saturated carbocycles. The van der Waals surface area contributed by atoms with Crippen LogP contribution in [0, 0.1) is 18.3 Å². The maximum Gasteiger partial charge on any atom is 0.283 e. The number of carbonyl (C=O) groups is 1. The summed E-state index contributed by atoms with van der Waals surface area (Å²) >= 11 is 0. The third-order valence-corrected chi connectivity index (χ3v) is 8.02. The van der Waals surface area contributed by atoms with Crippen molar-refractivity contribution in [3.8, 4) is 0 Å². The largest absolute Gasteiger partial charge is 0.306 e. The summed E-state index contributed by atoms with van der Waals surface area (Å²) < 4.78 is 27.4. The molecule has 1 fully saturated rings. The lowest BCUT2D eigenvalue weighted by Crippen LogP contribution is -2.50. The molecule has 2 unspecified atom stereocenters. The molecule has 2 atom stereocenters. The molecule has 0 aromatic heterocycles. The highest BCUT2D eigenvalue weighted by Gasteiger charge is 2.51. The first kappa shape index (κ1) is 25.0. The van der Waals surface area contributed by atoms with Gasteiger partial charge in [-0.25, -0.2) is 0 Å². The molecular formula is C28H35F2N2OP. The summed E-state index contributed by atoms with van der Waals surface area (Å²) in [6.07, 6.45) is 3.62. The number of aliphatic imine (C=N–C) groups is 1. The van der Waals surface area contributed by atoms with Crippen LogP contribution in [-0.4, -0.2) is 22.2 Å². The van der Waals surface area contributed by atoms with Crippen molar-refractivity contribution >= 4 is 20.9 Å². The molecular weight excluding hydrogens is 449 g/mol. The van der Waals surface area contributed by atoms with E-state index < -0.39 is 11.3 Å². The van der Waals surface area contributed by atoms with Crippen LogP contribution < -0.4 is 0 Å². The Kier molecular flexibility index (Phi) is 6.48. The molecule has 6 heteroatoms. The van der Waals surface area contributed by atoms with E-state index >= 15 is 0 Å². The number of hydrogen-bond donors (Lipinski definition) is 0. The lowest BCUT2D eigenvalue weighted by Gasteiger charge is -2.46. The van der Waals surface area contributed by atoms with Crippen LogP contribution in [0.5, 0.6) is 0 Å². The molecule has 0 N–H and O–H groups in total. The third-order valence-electron chi connectivity index (χ3n) is 7.69. The Morgan fingerprint density at radius 1 is 1.03 bits per heavy atom. The first-order chi connectivity index (χ1) is 15.8. The van der Waals surface area contributed by atoms with E-state index in [2.05, 4.69) is 52.0 Å². The van der Waals surface area contributed by atoms with E-state index in [-0.39, 0.29) is 22.9 Å². The van der Waals surface area contributed by atoms with Gasteiger partial charge in [0.1, 0.15) is 11.4 Å². The van der Waals surface area contributed by atoms with Crippen LogP contribution in [0.2, 0.25) is 0 Å². The van der Waals surface area contributed by atoms with Gasteiger partial charge < -0.3 is 4.90 Å². The summed E-state index contributed by atoms with van der Waals surface area (Å²) in [5, 5.41) is 0. The lowest BCUT2D eigenvalue weighted by atomic mass is 9.69. The molecule has 0 bridgehead atoms. The summed E-state index contributed by atoms with van der Waals surface area (Å²) in [6, 6.07) is 14.1. The van der Waals surface area contributed by atoms with E-state index in [0.29, 0.717) is 17.2 Å². The molecule has 2 aliphatic rings. The van der Waals surface area contributed by atoms with Crippen molar-refractivity contribution < 1.29 is 13.6 Å². The quantitative estimate of drug-likeness (QED) is 0.421. The maximum absolute atomic E-state index is 13.9. The van der Waals surface area contributed by atoms with Gasteiger partial charge in [0.05, 0.1) is 6.04 Å². The average molecular weight is 485 g/mol. The Bertz CT molecular complexity index is 1070. The number of amides is 1. The van der Waals surface area contributed by atoms with Gasteiger partial charge in [-0.3, -0.25) is 9.79 Å². The summed E-state index contributed by atoms with van der Waals surface area (Å²) in [5.74, 6) is 0.459. The van der Waals surface area contributed by atoms with Gasteiger partial charge >= 0.3 is 0 Å². The highest BCUT2D eigenvalue weighted by Crippen LogP contribution is 2.49. The number of alkyl halides is 2. The van der Waals surface area contributed by atoms with E-state index in [9.17, 15) is 13.6 Å². The normalized spacial score (nSPS) is 24.5. The number of hydrogen-bond acceptors (Lipinski definition) is 2. The van der Waals surface area contributed by atoms with Gasteiger partial charge in [-0.1, -0.05) is 84.1 Å². The number of aryl methyl sites for hydroxylation is 1. The van der Waals surface area contributed by atoms with Crippen molar-refractivity contribution in [1.29, 1.82) is 0 Å². The minimum Gasteiger partial charge on any atom is -0.306 e. The molecule has 1 spiro atoms. The Morgan fingerprint density at radius 3 is 2.09 bits per heavy atom. The average Bonchev–Trinajstić information content (AvgIpc) is 3.04. The van der Waals surface area contributed by atoms with Crippen molar-refractivity contribution in [3.05, 3.63) is 70.8 Å². The van der Waals surface area contributed by atoms with Gasteiger partial charge in [0, 0.05) is 11.1 Å². The topological polar surface area (TPSA) is 32.7 Å². The predicted octanol–water partition coefficient (Wildman–Crippen LogP) is 7.24. The zero-order valence-electron chi connectivity index (χ0n) is 20.7. The van der Waals surface area contributed by atoms with Crippen molar-refractivity contribution in [2.45, 2.75) is 77.7 Å². The van der Waals surface area contributed by atoms with Crippen LogP contribution in [0.3, 0.4) is 0 Å². The van der Waals surface area contributed by atoms with Crippen molar-refractivity contribution in [3.63, 3.8) is 0 Å². The molecule has 34 heavy (non-hydrogen) atoms. The Balaban J connectivity index is 1.72. The van der Waals surface area contributed by atoms with Crippen LogP contribution >= 0.6 is 9.24 Å². The minimum atomic E-state index is -3.00. The molecule has 1 aliphatic heterocycles. The highest BCUT2D eigenvalue weighted by atomic mass is 31.0. The fraction of sp³-hybridized carbons (Fsp3) is 0.500. The van der Waals surface area contributed by atoms with Crippen LogP contribution in [0.4, 0.5) is 8.78 Å². The van der Waals surface area contributed by atoms with Gasteiger partial charge in [0.25, 0.3) is 11.6 Å². The number of benzene rings is 2. The summed E-state index contributed by atoms with van der Waals surface area (Å²) in [7, 11) is 1.56. The van der Waals surface area contributed by atoms with Crippen LogP contribution in [0.25, 0.3) is 0 Å². The number of rotatable bonds is 4. The van der Waals surface area contributed by atoms with Crippen LogP contribution in [-0.2, 0) is 10.5 Å². The van der Waals surface area contributed by atoms with Crippen molar-refractivity contribution in [2.24, 2.45) is 16.3 Å². The second-order valence-electron chi connectivity index (χ2n) is 11.0. The van der Waals surface area contributed by atoms with Crippen LogP contribution in [0.1, 0.15) is 81.7 Å². The number of nitrogens with zero attached hydrogens (tertiary/aromatic N) is 2. The number of halogens is 2. The molecule has 4 rings (SSSR count). The maximum atomic E-state index is 13.9. The summed E-state index contributed by atoms with van der Waals surface area (Å²) in [6.45, 7) is 10.9. The molecule has 2 aromatic rings. The van der Waals surface area contributed by atoms with Gasteiger partial charge in [0.2, 0.25) is 0 Å². The van der Waals surface area contributed by atoms with Gasteiger partial charge in [0.15, 0.2) is 0 Å². The van der Waals surface area contributed by atoms with E-state index in [1.807, 2.05) is 11.8 Å². The van der Waals surface area contributed by atoms with E-state index in [0.717, 1.165) is 31.2 Å². The molecule has 2 aromatic carbocycles. The first-order valence-corrected chi connectivity index (χ1v) is 12.7.